The summed E-state index contributed by atoms with van der Waals surface area (Å²) >= 11 is 0. The van der Waals surface area contributed by atoms with E-state index < -0.39 is 0 Å². The van der Waals surface area contributed by atoms with Crippen molar-refractivity contribution in [3.63, 3.8) is 0 Å². The number of carbonyl (C=O) groups is 1. The van der Waals surface area contributed by atoms with Gasteiger partial charge in [-0.25, -0.2) is 0 Å². The first-order chi connectivity index (χ1) is 11.1. The largest absolute Gasteiger partial charge is 0.464 e. The third kappa shape index (κ3) is 3.42. The Kier molecular flexibility index (Phi) is 4.71. The number of likely N-dealkylation sites (tertiary alicyclic amines) is 1. The summed E-state index contributed by atoms with van der Waals surface area (Å²) in [4.78, 5) is 14.7. The number of nitrogens with one attached hydrogen (secondary N) is 1. The molecule has 1 unspecified atom stereocenters. The van der Waals surface area contributed by atoms with Crippen molar-refractivity contribution in [1.82, 2.24) is 10.2 Å². The third-order valence-corrected chi connectivity index (χ3v) is 4.98. The molecule has 2 heterocycles. The summed E-state index contributed by atoms with van der Waals surface area (Å²) in [5.74, 6) is 0.787. The van der Waals surface area contributed by atoms with E-state index in [1.807, 2.05) is 11.9 Å². The van der Waals surface area contributed by atoms with E-state index in [-0.39, 0.29) is 5.91 Å². The van der Waals surface area contributed by atoms with E-state index >= 15 is 0 Å². The highest BCUT2D eigenvalue weighted by atomic mass is 16.3. The molecule has 0 bridgehead atoms. The standard InChI is InChI=1S/C19H26N2O2/c1-13-7-17-16(12-23-18(17)8-14(13)2)9-19(22)21-6-4-5-15(11-21)10-20-3/h7-8,12,15,20H,4-6,9-11H2,1-3H3. The molecule has 23 heavy (non-hydrogen) atoms. The van der Waals surface area contributed by atoms with Crippen LogP contribution in [0.4, 0.5) is 0 Å². The molecule has 1 N–H and O–H groups in total. The Hall–Kier alpha value is -1.81. The first kappa shape index (κ1) is 16.1. The van der Waals surface area contributed by atoms with E-state index in [0.717, 1.165) is 42.6 Å². The smallest absolute Gasteiger partial charge is 0.227 e. The molecule has 1 aromatic heterocycles. The fourth-order valence-electron chi connectivity index (χ4n) is 3.49. The van der Waals surface area contributed by atoms with Gasteiger partial charge in [0.1, 0.15) is 5.58 Å². The van der Waals surface area contributed by atoms with Crippen LogP contribution >= 0.6 is 0 Å². The number of fused-ring (bicyclic) bond motifs is 1. The Labute approximate surface area is 137 Å². The van der Waals surface area contributed by atoms with Crippen LogP contribution < -0.4 is 5.32 Å². The second-order valence-electron chi connectivity index (χ2n) is 6.78. The zero-order chi connectivity index (χ0) is 16.4. The maximum absolute atomic E-state index is 12.7. The molecule has 4 heteroatoms. The highest BCUT2D eigenvalue weighted by Crippen LogP contribution is 2.26. The number of rotatable bonds is 4. The molecular weight excluding hydrogens is 288 g/mol. The van der Waals surface area contributed by atoms with Crippen molar-refractivity contribution >= 4 is 16.9 Å². The average molecular weight is 314 g/mol. The zero-order valence-electron chi connectivity index (χ0n) is 14.3. The number of piperidine rings is 1. The first-order valence-electron chi connectivity index (χ1n) is 8.48. The molecule has 1 aliphatic heterocycles. The number of hydrogen-bond acceptors (Lipinski definition) is 3. The molecule has 1 amide bonds. The average Bonchev–Trinajstić information content (AvgIpc) is 2.90. The van der Waals surface area contributed by atoms with Gasteiger partial charge in [-0.15, -0.1) is 0 Å². The van der Waals surface area contributed by atoms with E-state index in [1.165, 1.54) is 17.5 Å². The fraction of sp³-hybridized carbons (Fsp3) is 0.526. The highest BCUT2D eigenvalue weighted by molar-refractivity contribution is 5.88. The van der Waals surface area contributed by atoms with E-state index in [4.69, 9.17) is 4.42 Å². The van der Waals surface area contributed by atoms with Crippen LogP contribution in [-0.4, -0.2) is 37.5 Å². The number of aryl methyl sites for hydroxylation is 2. The number of amides is 1. The van der Waals surface area contributed by atoms with E-state index in [2.05, 4.69) is 31.3 Å². The minimum absolute atomic E-state index is 0.215. The quantitative estimate of drug-likeness (QED) is 0.943. The number of benzene rings is 1. The Balaban J connectivity index is 1.74. The lowest BCUT2D eigenvalue weighted by molar-refractivity contribution is -0.132. The van der Waals surface area contributed by atoms with E-state index in [9.17, 15) is 4.79 Å². The van der Waals surface area contributed by atoms with E-state index in [0.29, 0.717) is 12.3 Å². The molecule has 4 nitrogen and oxygen atoms in total. The lowest BCUT2D eigenvalue weighted by Gasteiger charge is -2.32. The van der Waals surface area contributed by atoms with Gasteiger partial charge in [-0.3, -0.25) is 4.79 Å². The molecule has 0 radical (unpaired) electrons. The van der Waals surface area contributed by atoms with Gasteiger partial charge in [0.25, 0.3) is 0 Å². The summed E-state index contributed by atoms with van der Waals surface area (Å²) in [5.41, 5.74) is 4.33. The molecule has 1 aromatic carbocycles. The van der Waals surface area contributed by atoms with Crippen molar-refractivity contribution in [1.29, 1.82) is 0 Å². The van der Waals surface area contributed by atoms with Crippen molar-refractivity contribution in [2.24, 2.45) is 5.92 Å². The molecule has 1 atom stereocenters. The molecule has 3 rings (SSSR count). The molecule has 1 aliphatic rings. The van der Waals surface area contributed by atoms with Crippen molar-refractivity contribution < 1.29 is 9.21 Å². The molecule has 0 spiro atoms. The minimum atomic E-state index is 0.215. The predicted molar refractivity (Wildman–Crippen MR) is 92.6 cm³/mol. The van der Waals surface area contributed by atoms with Crippen LogP contribution in [0.25, 0.3) is 11.0 Å². The number of carbonyl (C=O) groups excluding carboxylic acids is 1. The maximum atomic E-state index is 12.7. The van der Waals surface area contributed by atoms with E-state index in [1.54, 1.807) is 6.26 Å². The van der Waals surface area contributed by atoms with Crippen LogP contribution in [0.3, 0.4) is 0 Å². The monoisotopic (exact) mass is 314 g/mol. The summed E-state index contributed by atoms with van der Waals surface area (Å²) in [6.45, 7) is 6.91. The summed E-state index contributed by atoms with van der Waals surface area (Å²) in [7, 11) is 1.97. The van der Waals surface area contributed by atoms with Gasteiger partial charge in [0.05, 0.1) is 12.7 Å². The summed E-state index contributed by atoms with van der Waals surface area (Å²) in [5, 5.41) is 4.30. The van der Waals surface area contributed by atoms with Crippen LogP contribution in [0, 0.1) is 19.8 Å². The number of nitrogens with zero attached hydrogens (tertiary/aromatic N) is 1. The zero-order valence-corrected chi connectivity index (χ0v) is 14.3. The topological polar surface area (TPSA) is 45.5 Å². The van der Waals surface area contributed by atoms with Crippen LogP contribution in [0.5, 0.6) is 0 Å². The second-order valence-corrected chi connectivity index (χ2v) is 6.78. The summed E-state index contributed by atoms with van der Waals surface area (Å²) in [6, 6.07) is 4.19. The number of hydrogen-bond donors (Lipinski definition) is 1. The van der Waals surface area contributed by atoms with Gasteiger partial charge in [0.2, 0.25) is 5.91 Å². The Morgan fingerprint density at radius 1 is 1.35 bits per heavy atom. The Morgan fingerprint density at radius 2 is 2.13 bits per heavy atom. The molecule has 124 valence electrons. The summed E-state index contributed by atoms with van der Waals surface area (Å²) in [6.07, 6.45) is 4.48. The second kappa shape index (κ2) is 6.75. The summed E-state index contributed by atoms with van der Waals surface area (Å²) < 4.78 is 5.65. The predicted octanol–water partition coefficient (Wildman–Crippen LogP) is 3.05. The van der Waals surface area contributed by atoms with Crippen LogP contribution in [0.15, 0.2) is 22.8 Å². The lowest BCUT2D eigenvalue weighted by Crippen LogP contribution is -2.43. The minimum Gasteiger partial charge on any atom is -0.464 e. The maximum Gasteiger partial charge on any atom is 0.227 e. The first-order valence-corrected chi connectivity index (χ1v) is 8.48. The van der Waals surface area contributed by atoms with Crippen LogP contribution in [0.1, 0.15) is 29.5 Å². The fourth-order valence-corrected chi connectivity index (χ4v) is 3.49. The molecule has 0 aliphatic carbocycles. The Morgan fingerprint density at radius 3 is 2.91 bits per heavy atom. The normalized spacial score (nSPS) is 18.6. The van der Waals surface area contributed by atoms with Crippen molar-refractivity contribution in [3.8, 4) is 0 Å². The van der Waals surface area contributed by atoms with Crippen LogP contribution in [-0.2, 0) is 11.2 Å². The van der Waals surface area contributed by atoms with Gasteiger partial charge in [0, 0.05) is 24.0 Å². The van der Waals surface area contributed by atoms with Crippen LogP contribution in [0.2, 0.25) is 0 Å². The van der Waals surface area contributed by atoms with Gasteiger partial charge < -0.3 is 14.6 Å². The van der Waals surface area contributed by atoms with Gasteiger partial charge in [0.15, 0.2) is 0 Å². The molecule has 1 fully saturated rings. The van der Waals surface area contributed by atoms with Crippen molar-refractivity contribution in [3.05, 3.63) is 35.1 Å². The van der Waals surface area contributed by atoms with Gasteiger partial charge >= 0.3 is 0 Å². The number of furan rings is 1. The molecular formula is C19H26N2O2. The molecule has 0 saturated carbocycles. The Bertz CT molecular complexity index is 703. The lowest BCUT2D eigenvalue weighted by atomic mass is 9.97. The molecule has 2 aromatic rings. The van der Waals surface area contributed by atoms with Gasteiger partial charge in [-0.05, 0) is 69.5 Å². The van der Waals surface area contributed by atoms with Gasteiger partial charge in [-0.2, -0.15) is 0 Å². The van der Waals surface area contributed by atoms with Gasteiger partial charge in [-0.1, -0.05) is 0 Å². The van der Waals surface area contributed by atoms with Crippen molar-refractivity contribution in [2.75, 3.05) is 26.7 Å². The van der Waals surface area contributed by atoms with Crippen molar-refractivity contribution in [2.45, 2.75) is 33.1 Å². The molecule has 1 saturated heterocycles. The SMILES string of the molecule is CNCC1CCCN(C(=O)Cc2coc3cc(C)c(C)cc23)C1. The third-order valence-electron chi connectivity index (χ3n) is 4.98. The highest BCUT2D eigenvalue weighted by Gasteiger charge is 2.24.